The van der Waals surface area contributed by atoms with E-state index in [-0.39, 0.29) is 12.4 Å². The van der Waals surface area contributed by atoms with Crippen LogP contribution in [0.2, 0.25) is 5.02 Å². The van der Waals surface area contributed by atoms with E-state index in [4.69, 9.17) is 11.6 Å². The predicted molar refractivity (Wildman–Crippen MR) is 64.3 cm³/mol. The Morgan fingerprint density at radius 1 is 1.47 bits per heavy atom. The lowest BCUT2D eigenvalue weighted by Gasteiger charge is -2.01. The fourth-order valence-corrected chi connectivity index (χ4v) is 1.62. The average Bonchev–Trinajstić information content (AvgIpc) is 2.77. The molecule has 1 aromatic heterocycles. The summed E-state index contributed by atoms with van der Waals surface area (Å²) in [5.41, 5.74) is 1.52. The maximum absolute atomic E-state index is 11.1. The molecule has 0 bridgehead atoms. The highest BCUT2D eigenvalue weighted by Gasteiger charge is 2.06. The second-order valence-corrected chi connectivity index (χ2v) is 3.92. The molecule has 0 saturated heterocycles. The molecule has 1 heterocycles. The highest BCUT2D eigenvalue weighted by molar-refractivity contribution is 6.30. The maximum Gasteiger partial charge on any atom is 0.311 e. The van der Waals surface area contributed by atoms with Gasteiger partial charge in [-0.25, -0.2) is 4.68 Å². The van der Waals surface area contributed by atoms with Gasteiger partial charge in [0.15, 0.2) is 0 Å². The second kappa shape index (κ2) is 5.01. The Kier molecular flexibility index (Phi) is 3.44. The molecule has 2 rings (SSSR count). The van der Waals surface area contributed by atoms with Crippen LogP contribution in [0.25, 0.3) is 5.69 Å². The van der Waals surface area contributed by atoms with Crippen LogP contribution in [0.4, 0.5) is 0 Å². The summed E-state index contributed by atoms with van der Waals surface area (Å²) in [5.74, 6) is -0.304. The van der Waals surface area contributed by atoms with Gasteiger partial charge >= 0.3 is 5.97 Å². The number of benzene rings is 1. The first-order valence-corrected chi connectivity index (χ1v) is 5.44. The lowest BCUT2D eigenvalue weighted by Crippen LogP contribution is -2.05. The summed E-state index contributed by atoms with van der Waals surface area (Å²) in [5, 5.41) is 4.91. The molecule has 0 amide bonds. The van der Waals surface area contributed by atoms with E-state index in [0.29, 0.717) is 10.7 Å². The third-order valence-electron chi connectivity index (χ3n) is 2.27. The Morgan fingerprint density at radius 2 is 2.29 bits per heavy atom. The van der Waals surface area contributed by atoms with Crippen molar-refractivity contribution in [3.05, 3.63) is 47.2 Å². The zero-order valence-corrected chi connectivity index (χ0v) is 10.0. The van der Waals surface area contributed by atoms with E-state index in [1.54, 1.807) is 29.1 Å². The fourth-order valence-electron chi connectivity index (χ4n) is 1.44. The van der Waals surface area contributed by atoms with Crippen LogP contribution in [0.5, 0.6) is 0 Å². The molecule has 2 aromatic rings. The van der Waals surface area contributed by atoms with Gasteiger partial charge in [0.05, 0.1) is 24.9 Å². The van der Waals surface area contributed by atoms with E-state index in [2.05, 4.69) is 9.84 Å². The van der Waals surface area contributed by atoms with Crippen LogP contribution in [0.1, 0.15) is 5.69 Å². The summed E-state index contributed by atoms with van der Waals surface area (Å²) in [6.45, 7) is 0. The van der Waals surface area contributed by atoms with Gasteiger partial charge in [-0.05, 0) is 24.3 Å². The van der Waals surface area contributed by atoms with Crippen molar-refractivity contribution >= 4 is 17.6 Å². The Balaban J connectivity index is 2.21. The van der Waals surface area contributed by atoms with Crippen LogP contribution in [0, 0.1) is 0 Å². The van der Waals surface area contributed by atoms with Crippen molar-refractivity contribution < 1.29 is 9.53 Å². The summed E-state index contributed by atoms with van der Waals surface area (Å²) in [7, 11) is 1.36. The first-order valence-electron chi connectivity index (χ1n) is 5.06. The molecule has 0 N–H and O–H groups in total. The van der Waals surface area contributed by atoms with Gasteiger partial charge in [-0.3, -0.25) is 4.79 Å². The third kappa shape index (κ3) is 2.85. The first-order chi connectivity index (χ1) is 8.19. The van der Waals surface area contributed by atoms with E-state index >= 15 is 0 Å². The minimum atomic E-state index is -0.304. The first kappa shape index (κ1) is 11.7. The Bertz CT molecular complexity index is 537. The van der Waals surface area contributed by atoms with E-state index in [9.17, 15) is 4.79 Å². The predicted octanol–water partition coefficient (Wildman–Crippen LogP) is 2.24. The van der Waals surface area contributed by atoms with Crippen LogP contribution in [-0.4, -0.2) is 22.9 Å². The molecule has 0 aliphatic carbocycles. The Morgan fingerprint density at radius 3 is 3.00 bits per heavy atom. The van der Waals surface area contributed by atoms with Gasteiger partial charge in [0.2, 0.25) is 0 Å². The van der Waals surface area contributed by atoms with E-state index in [1.165, 1.54) is 7.11 Å². The second-order valence-electron chi connectivity index (χ2n) is 3.48. The molecule has 0 aliphatic heterocycles. The van der Waals surface area contributed by atoms with E-state index in [1.807, 2.05) is 12.1 Å². The summed E-state index contributed by atoms with van der Waals surface area (Å²) >= 11 is 5.89. The molecule has 0 aliphatic rings. The van der Waals surface area contributed by atoms with Gasteiger partial charge < -0.3 is 4.74 Å². The van der Waals surface area contributed by atoms with Crippen molar-refractivity contribution in [1.29, 1.82) is 0 Å². The van der Waals surface area contributed by atoms with Crippen LogP contribution in [-0.2, 0) is 16.0 Å². The number of ether oxygens (including phenoxy) is 1. The molecule has 0 fully saturated rings. The topological polar surface area (TPSA) is 44.1 Å². The third-order valence-corrected chi connectivity index (χ3v) is 2.51. The summed E-state index contributed by atoms with van der Waals surface area (Å²) in [6.07, 6.45) is 1.95. The monoisotopic (exact) mass is 250 g/mol. The van der Waals surface area contributed by atoms with Gasteiger partial charge in [0.1, 0.15) is 0 Å². The molecule has 4 nitrogen and oxygen atoms in total. The number of hydrogen-bond acceptors (Lipinski definition) is 3. The fraction of sp³-hybridized carbons (Fsp3) is 0.167. The molecule has 0 radical (unpaired) electrons. The summed E-state index contributed by atoms with van der Waals surface area (Å²) in [4.78, 5) is 11.1. The molecule has 5 heteroatoms. The number of hydrogen-bond donors (Lipinski definition) is 0. The maximum atomic E-state index is 11.1. The number of halogens is 1. The molecule has 1 aromatic carbocycles. The number of esters is 1. The summed E-state index contributed by atoms with van der Waals surface area (Å²) in [6, 6.07) is 9.11. The van der Waals surface area contributed by atoms with Gasteiger partial charge in [-0.1, -0.05) is 17.7 Å². The van der Waals surface area contributed by atoms with Crippen LogP contribution >= 0.6 is 11.6 Å². The van der Waals surface area contributed by atoms with Gasteiger partial charge in [0.25, 0.3) is 0 Å². The van der Waals surface area contributed by atoms with Crippen molar-refractivity contribution in [1.82, 2.24) is 9.78 Å². The van der Waals surface area contributed by atoms with Crippen molar-refractivity contribution in [2.24, 2.45) is 0 Å². The summed E-state index contributed by atoms with van der Waals surface area (Å²) < 4.78 is 6.25. The lowest BCUT2D eigenvalue weighted by molar-refractivity contribution is -0.139. The van der Waals surface area contributed by atoms with Gasteiger partial charge in [-0.2, -0.15) is 5.10 Å². The number of rotatable bonds is 3. The molecule has 0 atom stereocenters. The van der Waals surface area contributed by atoms with Crippen molar-refractivity contribution in [3.63, 3.8) is 0 Å². The SMILES string of the molecule is COC(=O)Cc1ccn(-c2cccc(Cl)c2)n1. The van der Waals surface area contributed by atoms with Crippen molar-refractivity contribution in [2.75, 3.05) is 7.11 Å². The molecule has 88 valence electrons. The number of nitrogens with zero attached hydrogens (tertiary/aromatic N) is 2. The normalized spacial score (nSPS) is 10.2. The number of carbonyl (C=O) groups is 1. The minimum absolute atomic E-state index is 0.171. The number of methoxy groups -OCH3 is 1. The standard InChI is InChI=1S/C12H11ClN2O2/c1-17-12(16)8-10-5-6-15(14-10)11-4-2-3-9(13)7-11/h2-7H,8H2,1H3. The average molecular weight is 251 g/mol. The highest BCUT2D eigenvalue weighted by atomic mass is 35.5. The number of aromatic nitrogens is 2. The smallest absolute Gasteiger partial charge is 0.311 e. The zero-order valence-electron chi connectivity index (χ0n) is 9.26. The quantitative estimate of drug-likeness (QED) is 0.785. The molecular formula is C12H11ClN2O2. The van der Waals surface area contributed by atoms with Gasteiger partial charge in [0, 0.05) is 11.2 Å². The minimum Gasteiger partial charge on any atom is -0.469 e. The molecular weight excluding hydrogens is 240 g/mol. The molecule has 0 saturated carbocycles. The highest BCUT2D eigenvalue weighted by Crippen LogP contribution is 2.14. The lowest BCUT2D eigenvalue weighted by atomic mass is 10.3. The number of carbonyl (C=O) groups excluding carboxylic acids is 1. The Hall–Kier alpha value is -1.81. The van der Waals surface area contributed by atoms with Crippen LogP contribution < -0.4 is 0 Å². The zero-order chi connectivity index (χ0) is 12.3. The Labute approximate surface area is 104 Å². The van der Waals surface area contributed by atoms with Crippen molar-refractivity contribution in [2.45, 2.75) is 6.42 Å². The van der Waals surface area contributed by atoms with E-state index in [0.717, 1.165) is 5.69 Å². The molecule has 17 heavy (non-hydrogen) atoms. The van der Waals surface area contributed by atoms with E-state index < -0.39 is 0 Å². The molecule has 0 unspecified atom stereocenters. The largest absolute Gasteiger partial charge is 0.469 e. The van der Waals surface area contributed by atoms with Crippen LogP contribution in [0.3, 0.4) is 0 Å². The van der Waals surface area contributed by atoms with Gasteiger partial charge in [-0.15, -0.1) is 0 Å². The van der Waals surface area contributed by atoms with Crippen molar-refractivity contribution in [3.8, 4) is 5.69 Å². The van der Waals surface area contributed by atoms with Crippen LogP contribution in [0.15, 0.2) is 36.5 Å². The molecule has 0 spiro atoms.